The highest BCUT2D eigenvalue weighted by Gasteiger charge is 2.33. The van der Waals surface area contributed by atoms with Crippen LogP contribution in [0, 0.1) is 10.1 Å². The zero-order chi connectivity index (χ0) is 15.6. The van der Waals surface area contributed by atoms with Gasteiger partial charge in [0.05, 0.1) is 4.92 Å². The molecular formula is C13H19N3O4S. The summed E-state index contributed by atoms with van der Waals surface area (Å²) in [4.78, 5) is 23.6. The molecule has 21 heavy (non-hydrogen) atoms. The number of nitrogens with zero attached hydrogens (tertiary/aromatic N) is 2. The summed E-state index contributed by atoms with van der Waals surface area (Å²) in [6.45, 7) is 7.27. The second-order valence-electron chi connectivity index (χ2n) is 6.01. The number of rotatable bonds is 4. The van der Waals surface area contributed by atoms with Gasteiger partial charge in [-0.05, 0) is 26.3 Å². The Labute approximate surface area is 127 Å². The topological polar surface area (TPSA) is 84.7 Å². The van der Waals surface area contributed by atoms with Crippen LogP contribution >= 0.6 is 11.3 Å². The maximum Gasteiger partial charge on any atom is 0.410 e. The van der Waals surface area contributed by atoms with E-state index >= 15 is 0 Å². The molecule has 0 bridgehead atoms. The van der Waals surface area contributed by atoms with E-state index in [-0.39, 0.29) is 22.1 Å². The van der Waals surface area contributed by atoms with Gasteiger partial charge < -0.3 is 15.0 Å². The lowest BCUT2D eigenvalue weighted by molar-refractivity contribution is -0.380. The zero-order valence-corrected chi connectivity index (χ0v) is 13.1. The highest BCUT2D eigenvalue weighted by atomic mass is 32.1. The van der Waals surface area contributed by atoms with E-state index in [0.29, 0.717) is 19.6 Å². The Hall–Kier alpha value is -1.67. The first kappa shape index (κ1) is 15.7. The minimum Gasteiger partial charge on any atom is -0.444 e. The highest BCUT2D eigenvalue weighted by molar-refractivity contribution is 7.13. The number of hydrogen-bond acceptors (Lipinski definition) is 6. The average Bonchev–Trinajstić information content (AvgIpc) is 2.73. The van der Waals surface area contributed by atoms with Gasteiger partial charge in [0.1, 0.15) is 5.60 Å². The molecule has 0 radical (unpaired) electrons. The Kier molecular flexibility index (Phi) is 4.48. The summed E-state index contributed by atoms with van der Waals surface area (Å²) in [6.07, 6.45) is -0.299. The number of hydrogen-bond donors (Lipinski definition) is 1. The SMILES string of the molecule is CC(C)(C)OC(=O)N1CC(NCc2csc([N+](=O)[O-])c2)C1. The van der Waals surface area contributed by atoms with Crippen molar-refractivity contribution in [3.05, 3.63) is 27.1 Å². The van der Waals surface area contributed by atoms with E-state index in [0.717, 1.165) is 16.9 Å². The summed E-state index contributed by atoms with van der Waals surface area (Å²) in [7, 11) is 0. The molecule has 2 rings (SSSR count). The average molecular weight is 313 g/mol. The smallest absolute Gasteiger partial charge is 0.410 e. The van der Waals surface area contributed by atoms with E-state index < -0.39 is 5.60 Å². The molecule has 8 heteroatoms. The van der Waals surface area contributed by atoms with Crippen molar-refractivity contribution >= 4 is 22.4 Å². The number of nitrogens with one attached hydrogen (secondary N) is 1. The largest absolute Gasteiger partial charge is 0.444 e. The summed E-state index contributed by atoms with van der Waals surface area (Å²) >= 11 is 1.12. The maximum atomic E-state index is 11.7. The summed E-state index contributed by atoms with van der Waals surface area (Å²) in [6, 6.07) is 1.78. The predicted molar refractivity (Wildman–Crippen MR) is 79.4 cm³/mol. The molecule has 0 aromatic carbocycles. The summed E-state index contributed by atoms with van der Waals surface area (Å²) in [5, 5.41) is 15.8. The third-order valence-electron chi connectivity index (χ3n) is 2.95. The Morgan fingerprint density at radius 3 is 2.76 bits per heavy atom. The fourth-order valence-electron chi connectivity index (χ4n) is 1.90. The van der Waals surface area contributed by atoms with Gasteiger partial charge in [-0.25, -0.2) is 4.79 Å². The van der Waals surface area contributed by atoms with Crippen molar-refractivity contribution in [2.45, 2.75) is 39.0 Å². The first-order valence-corrected chi connectivity index (χ1v) is 7.55. The molecule has 1 aliphatic rings. The van der Waals surface area contributed by atoms with Crippen LogP contribution in [0.2, 0.25) is 0 Å². The molecule has 1 aromatic heterocycles. The van der Waals surface area contributed by atoms with Crippen LogP contribution in [-0.2, 0) is 11.3 Å². The quantitative estimate of drug-likeness (QED) is 0.681. The molecule has 1 N–H and O–H groups in total. The molecule has 1 aliphatic heterocycles. The van der Waals surface area contributed by atoms with Crippen LogP contribution in [0.25, 0.3) is 0 Å². The van der Waals surface area contributed by atoms with Gasteiger partial charge >= 0.3 is 11.1 Å². The van der Waals surface area contributed by atoms with Gasteiger partial charge in [0.2, 0.25) is 0 Å². The van der Waals surface area contributed by atoms with Crippen LogP contribution in [0.3, 0.4) is 0 Å². The van der Waals surface area contributed by atoms with Crippen molar-refractivity contribution in [3.63, 3.8) is 0 Å². The third-order valence-corrected chi connectivity index (χ3v) is 3.88. The first-order valence-electron chi connectivity index (χ1n) is 6.68. The summed E-state index contributed by atoms with van der Waals surface area (Å²) in [5.74, 6) is 0. The van der Waals surface area contributed by atoms with Gasteiger partial charge in [-0.2, -0.15) is 0 Å². The predicted octanol–water partition coefficient (Wildman–Crippen LogP) is 2.37. The fraction of sp³-hybridized carbons (Fsp3) is 0.615. The lowest BCUT2D eigenvalue weighted by Crippen LogP contribution is -2.60. The van der Waals surface area contributed by atoms with Gasteiger partial charge in [0.15, 0.2) is 0 Å². The number of amides is 1. The standard InChI is InChI=1S/C13H19N3O4S/c1-13(2,3)20-12(17)15-6-10(7-15)14-5-9-4-11(16(18)19)21-8-9/h4,8,10,14H,5-7H2,1-3H3. The molecule has 0 atom stereocenters. The van der Waals surface area contributed by atoms with Crippen LogP contribution in [0.15, 0.2) is 11.4 Å². The molecule has 2 heterocycles. The monoisotopic (exact) mass is 313 g/mol. The Balaban J connectivity index is 1.71. The van der Waals surface area contributed by atoms with Crippen molar-refractivity contribution in [3.8, 4) is 0 Å². The Morgan fingerprint density at radius 2 is 2.24 bits per heavy atom. The van der Waals surface area contributed by atoms with E-state index in [1.807, 2.05) is 20.8 Å². The minimum absolute atomic E-state index is 0.149. The highest BCUT2D eigenvalue weighted by Crippen LogP contribution is 2.23. The number of likely N-dealkylation sites (tertiary alicyclic amines) is 1. The third kappa shape index (κ3) is 4.40. The zero-order valence-electron chi connectivity index (χ0n) is 12.3. The fourth-order valence-corrected chi connectivity index (χ4v) is 2.63. The van der Waals surface area contributed by atoms with E-state index in [1.54, 1.807) is 16.3 Å². The van der Waals surface area contributed by atoms with Crippen molar-refractivity contribution < 1.29 is 14.5 Å². The second kappa shape index (κ2) is 5.98. The molecule has 0 saturated carbocycles. The van der Waals surface area contributed by atoms with E-state index in [9.17, 15) is 14.9 Å². The van der Waals surface area contributed by atoms with E-state index in [1.165, 1.54) is 0 Å². The van der Waals surface area contributed by atoms with Gasteiger partial charge in [-0.1, -0.05) is 11.3 Å². The van der Waals surface area contributed by atoms with Crippen LogP contribution in [0.4, 0.5) is 9.80 Å². The van der Waals surface area contributed by atoms with Gasteiger partial charge in [-0.15, -0.1) is 0 Å². The van der Waals surface area contributed by atoms with Gasteiger partial charge in [-0.3, -0.25) is 10.1 Å². The molecule has 0 unspecified atom stereocenters. The summed E-state index contributed by atoms with van der Waals surface area (Å²) < 4.78 is 5.27. The van der Waals surface area contributed by atoms with E-state index in [4.69, 9.17) is 4.74 Å². The number of ether oxygens (including phenoxy) is 1. The molecule has 0 spiro atoms. The van der Waals surface area contributed by atoms with Crippen molar-refractivity contribution in [1.29, 1.82) is 0 Å². The van der Waals surface area contributed by atoms with Gasteiger partial charge in [0, 0.05) is 37.1 Å². The molecule has 7 nitrogen and oxygen atoms in total. The Morgan fingerprint density at radius 1 is 1.57 bits per heavy atom. The molecule has 1 saturated heterocycles. The summed E-state index contributed by atoms with van der Waals surface area (Å²) in [5.41, 5.74) is 0.410. The lowest BCUT2D eigenvalue weighted by Gasteiger charge is -2.40. The number of thiophene rings is 1. The van der Waals surface area contributed by atoms with E-state index in [2.05, 4.69) is 5.32 Å². The van der Waals surface area contributed by atoms with Crippen LogP contribution in [-0.4, -0.2) is 40.6 Å². The second-order valence-corrected chi connectivity index (χ2v) is 6.90. The molecule has 1 aromatic rings. The molecule has 1 fully saturated rings. The normalized spacial score (nSPS) is 15.7. The van der Waals surface area contributed by atoms with Crippen LogP contribution < -0.4 is 5.32 Å². The Bertz CT molecular complexity index is 532. The van der Waals surface area contributed by atoms with Crippen LogP contribution in [0.5, 0.6) is 0 Å². The van der Waals surface area contributed by atoms with Gasteiger partial charge in [0.25, 0.3) is 0 Å². The molecule has 0 aliphatic carbocycles. The van der Waals surface area contributed by atoms with Crippen molar-refractivity contribution in [2.24, 2.45) is 0 Å². The molecular weight excluding hydrogens is 294 g/mol. The van der Waals surface area contributed by atoms with Crippen LogP contribution in [0.1, 0.15) is 26.3 Å². The first-order chi connectivity index (χ1) is 9.74. The van der Waals surface area contributed by atoms with Crippen molar-refractivity contribution in [2.75, 3.05) is 13.1 Å². The maximum absolute atomic E-state index is 11.7. The minimum atomic E-state index is -0.481. The number of carbonyl (C=O) groups excluding carboxylic acids is 1. The number of carbonyl (C=O) groups is 1. The molecule has 1 amide bonds. The number of nitro groups is 1. The lowest BCUT2D eigenvalue weighted by atomic mass is 10.1. The van der Waals surface area contributed by atoms with Crippen molar-refractivity contribution in [1.82, 2.24) is 10.2 Å². The molecule has 116 valence electrons.